The highest BCUT2D eigenvalue weighted by Crippen LogP contribution is 2.20. The van der Waals surface area contributed by atoms with Crippen LogP contribution in [0.15, 0.2) is 42.7 Å². The van der Waals surface area contributed by atoms with Gasteiger partial charge in [0.05, 0.1) is 5.69 Å². The smallest absolute Gasteiger partial charge is 0.272 e. The van der Waals surface area contributed by atoms with Crippen molar-refractivity contribution in [1.29, 1.82) is 0 Å². The Morgan fingerprint density at radius 2 is 1.83 bits per heavy atom. The van der Waals surface area contributed by atoms with Gasteiger partial charge in [0.2, 0.25) is 0 Å². The topological polar surface area (TPSA) is 59.2 Å². The van der Waals surface area contributed by atoms with E-state index in [9.17, 15) is 9.18 Å². The third kappa shape index (κ3) is 4.28. The number of halogens is 1. The molecule has 1 aliphatic heterocycles. The molecular formula is C22H27FN6O. The van der Waals surface area contributed by atoms with Crippen molar-refractivity contribution in [3.8, 4) is 11.3 Å². The minimum absolute atomic E-state index is 0.0131. The van der Waals surface area contributed by atoms with Crippen molar-refractivity contribution in [2.75, 3.05) is 32.7 Å². The molecule has 0 radical (unpaired) electrons. The molecule has 1 aromatic carbocycles. The highest BCUT2D eigenvalue weighted by molar-refractivity contribution is 5.93. The third-order valence-electron chi connectivity index (χ3n) is 5.67. The van der Waals surface area contributed by atoms with E-state index >= 15 is 0 Å². The molecule has 7 nitrogen and oxygen atoms in total. The first-order valence-electron chi connectivity index (χ1n) is 10.4. The van der Waals surface area contributed by atoms with Crippen LogP contribution < -0.4 is 0 Å². The van der Waals surface area contributed by atoms with E-state index in [1.54, 1.807) is 29.9 Å². The SMILES string of the molecule is CCc1nccn1CCN1CCN(C(=O)c2cc(-c3ccc(F)cc3)nn2C)CC1. The quantitative estimate of drug-likeness (QED) is 0.626. The Kier molecular flexibility index (Phi) is 5.94. The molecule has 1 saturated heterocycles. The van der Waals surface area contributed by atoms with Gasteiger partial charge in [-0.3, -0.25) is 14.4 Å². The fraction of sp³-hybridized carbons (Fsp3) is 0.409. The summed E-state index contributed by atoms with van der Waals surface area (Å²) in [7, 11) is 1.77. The highest BCUT2D eigenvalue weighted by atomic mass is 19.1. The molecule has 0 saturated carbocycles. The molecule has 0 unspecified atom stereocenters. The lowest BCUT2D eigenvalue weighted by atomic mass is 10.1. The summed E-state index contributed by atoms with van der Waals surface area (Å²) in [5.41, 5.74) is 2.02. The summed E-state index contributed by atoms with van der Waals surface area (Å²) >= 11 is 0. The third-order valence-corrected chi connectivity index (χ3v) is 5.67. The number of benzene rings is 1. The molecule has 1 fully saturated rings. The predicted octanol–water partition coefficient (Wildman–Crippen LogP) is 2.44. The maximum absolute atomic E-state index is 13.2. The van der Waals surface area contributed by atoms with Crippen molar-refractivity contribution < 1.29 is 9.18 Å². The largest absolute Gasteiger partial charge is 0.335 e. The van der Waals surface area contributed by atoms with Gasteiger partial charge in [-0.15, -0.1) is 0 Å². The number of piperazine rings is 1. The average Bonchev–Trinajstić information content (AvgIpc) is 3.38. The fourth-order valence-corrected chi connectivity index (χ4v) is 3.87. The summed E-state index contributed by atoms with van der Waals surface area (Å²) in [4.78, 5) is 21.7. The van der Waals surface area contributed by atoms with Crippen molar-refractivity contribution in [1.82, 2.24) is 29.1 Å². The van der Waals surface area contributed by atoms with Crippen molar-refractivity contribution in [2.24, 2.45) is 7.05 Å². The van der Waals surface area contributed by atoms with E-state index in [2.05, 4.69) is 26.5 Å². The van der Waals surface area contributed by atoms with Crippen molar-refractivity contribution in [3.63, 3.8) is 0 Å². The van der Waals surface area contributed by atoms with Gasteiger partial charge >= 0.3 is 0 Å². The number of hydrogen-bond donors (Lipinski definition) is 0. The van der Waals surface area contributed by atoms with E-state index in [0.29, 0.717) is 24.5 Å². The standard InChI is InChI=1S/C22H27FN6O/c1-3-21-24-8-9-28(21)13-10-27-11-14-29(15-12-27)22(30)20-16-19(25-26(20)2)17-4-6-18(23)7-5-17/h4-9,16H,3,10-15H2,1-2H3. The lowest BCUT2D eigenvalue weighted by Gasteiger charge is -2.34. The lowest BCUT2D eigenvalue weighted by molar-refractivity contribution is 0.0622. The summed E-state index contributed by atoms with van der Waals surface area (Å²) in [6.45, 7) is 7.07. The van der Waals surface area contributed by atoms with Crippen LogP contribution in [-0.4, -0.2) is 67.8 Å². The number of aryl methyl sites for hydroxylation is 2. The zero-order chi connectivity index (χ0) is 21.1. The van der Waals surface area contributed by atoms with Gasteiger partial charge < -0.3 is 9.47 Å². The second kappa shape index (κ2) is 8.79. The molecule has 0 atom stereocenters. The summed E-state index contributed by atoms with van der Waals surface area (Å²) in [5.74, 6) is 0.806. The fourth-order valence-electron chi connectivity index (χ4n) is 3.87. The number of carbonyl (C=O) groups excluding carboxylic acids is 1. The van der Waals surface area contributed by atoms with Crippen molar-refractivity contribution >= 4 is 5.91 Å². The van der Waals surface area contributed by atoms with Crippen LogP contribution in [0.25, 0.3) is 11.3 Å². The lowest BCUT2D eigenvalue weighted by Crippen LogP contribution is -2.49. The Morgan fingerprint density at radius 1 is 1.10 bits per heavy atom. The van der Waals surface area contributed by atoms with E-state index in [-0.39, 0.29) is 11.7 Å². The molecule has 3 aromatic rings. The van der Waals surface area contributed by atoms with Gasteiger partial charge in [-0.1, -0.05) is 6.92 Å². The maximum Gasteiger partial charge on any atom is 0.272 e. The van der Waals surface area contributed by atoms with Crippen LogP contribution in [0, 0.1) is 5.82 Å². The van der Waals surface area contributed by atoms with Gasteiger partial charge in [0.25, 0.3) is 5.91 Å². The molecule has 30 heavy (non-hydrogen) atoms. The second-order valence-corrected chi connectivity index (χ2v) is 7.57. The van der Waals surface area contributed by atoms with Crippen molar-refractivity contribution in [2.45, 2.75) is 19.9 Å². The van der Waals surface area contributed by atoms with E-state index in [1.807, 2.05) is 17.3 Å². The molecule has 0 N–H and O–H groups in total. The Labute approximate surface area is 175 Å². The first-order valence-corrected chi connectivity index (χ1v) is 10.4. The van der Waals surface area contributed by atoms with Crippen LogP contribution in [0.1, 0.15) is 23.2 Å². The van der Waals surface area contributed by atoms with Gasteiger partial charge in [-0.25, -0.2) is 9.37 Å². The minimum atomic E-state index is -0.289. The number of imidazole rings is 1. The summed E-state index contributed by atoms with van der Waals surface area (Å²) in [5, 5.41) is 4.44. The number of carbonyl (C=O) groups is 1. The number of rotatable bonds is 6. The summed E-state index contributed by atoms with van der Waals surface area (Å²) in [6, 6.07) is 7.94. The molecule has 158 valence electrons. The van der Waals surface area contributed by atoms with E-state index < -0.39 is 0 Å². The van der Waals surface area contributed by atoms with E-state index in [0.717, 1.165) is 44.0 Å². The Morgan fingerprint density at radius 3 is 2.53 bits per heavy atom. The number of amides is 1. The van der Waals surface area contributed by atoms with Crippen LogP contribution in [0.2, 0.25) is 0 Å². The molecule has 3 heterocycles. The van der Waals surface area contributed by atoms with Crippen LogP contribution in [0.4, 0.5) is 4.39 Å². The van der Waals surface area contributed by atoms with Gasteiger partial charge in [-0.05, 0) is 30.3 Å². The number of hydrogen-bond acceptors (Lipinski definition) is 4. The zero-order valence-electron chi connectivity index (χ0n) is 17.5. The summed E-state index contributed by atoms with van der Waals surface area (Å²) < 4.78 is 17.0. The minimum Gasteiger partial charge on any atom is -0.335 e. The monoisotopic (exact) mass is 410 g/mol. The van der Waals surface area contributed by atoms with Crippen LogP contribution in [-0.2, 0) is 20.0 Å². The van der Waals surface area contributed by atoms with Crippen molar-refractivity contribution in [3.05, 3.63) is 60.1 Å². The second-order valence-electron chi connectivity index (χ2n) is 7.57. The normalized spacial score (nSPS) is 15.0. The Hall–Kier alpha value is -3.00. The molecule has 0 aliphatic carbocycles. The zero-order valence-corrected chi connectivity index (χ0v) is 17.5. The molecule has 0 spiro atoms. The molecule has 1 aliphatic rings. The van der Waals surface area contributed by atoms with E-state index in [4.69, 9.17) is 0 Å². The molecule has 0 bridgehead atoms. The Bertz CT molecular complexity index is 1000. The van der Waals surface area contributed by atoms with Crippen LogP contribution in [0.3, 0.4) is 0 Å². The van der Waals surface area contributed by atoms with Crippen LogP contribution in [0.5, 0.6) is 0 Å². The maximum atomic E-state index is 13.2. The molecule has 1 amide bonds. The predicted molar refractivity (Wildman–Crippen MR) is 113 cm³/mol. The van der Waals surface area contributed by atoms with E-state index in [1.165, 1.54) is 12.1 Å². The first-order chi connectivity index (χ1) is 14.5. The van der Waals surface area contributed by atoms with Gasteiger partial charge in [0, 0.05) is 70.7 Å². The molecule has 8 heteroatoms. The average molecular weight is 410 g/mol. The van der Waals surface area contributed by atoms with Gasteiger partial charge in [-0.2, -0.15) is 5.10 Å². The molecule has 4 rings (SSSR count). The Balaban J connectivity index is 1.34. The van der Waals surface area contributed by atoms with Gasteiger partial charge in [0.15, 0.2) is 0 Å². The summed E-state index contributed by atoms with van der Waals surface area (Å²) in [6.07, 6.45) is 4.81. The highest BCUT2D eigenvalue weighted by Gasteiger charge is 2.25. The molecular weight excluding hydrogens is 383 g/mol. The number of aromatic nitrogens is 4. The van der Waals surface area contributed by atoms with Crippen LogP contribution >= 0.6 is 0 Å². The first kappa shape index (κ1) is 20.3. The van der Waals surface area contributed by atoms with Gasteiger partial charge in [0.1, 0.15) is 17.3 Å². The number of nitrogens with zero attached hydrogens (tertiary/aromatic N) is 6. The molecule has 2 aromatic heterocycles.